The van der Waals surface area contributed by atoms with Crippen LogP contribution in [0.25, 0.3) is 10.4 Å². The lowest BCUT2D eigenvalue weighted by molar-refractivity contribution is -0.116. The fourth-order valence-electron chi connectivity index (χ4n) is 3.25. The van der Waals surface area contributed by atoms with Crippen LogP contribution in [0.5, 0.6) is 11.5 Å². The van der Waals surface area contributed by atoms with Gasteiger partial charge in [-0.15, -0.1) is 11.3 Å². The summed E-state index contributed by atoms with van der Waals surface area (Å²) < 4.78 is 15.9. The summed E-state index contributed by atoms with van der Waals surface area (Å²) in [5.74, 6) is 0.189. The Hall–Kier alpha value is -3.85. The first-order chi connectivity index (χ1) is 16.3. The van der Waals surface area contributed by atoms with E-state index in [1.54, 1.807) is 57.5 Å². The van der Waals surface area contributed by atoms with Gasteiger partial charge in [-0.3, -0.25) is 9.59 Å². The van der Waals surface area contributed by atoms with Crippen molar-refractivity contribution in [2.24, 2.45) is 0 Å². The number of anilines is 2. The molecule has 0 aliphatic heterocycles. The minimum absolute atomic E-state index is 0.101. The number of hydrogen-bond acceptors (Lipinski definition) is 7. The highest BCUT2D eigenvalue weighted by Gasteiger charge is 2.21. The van der Waals surface area contributed by atoms with E-state index in [-0.39, 0.29) is 24.8 Å². The van der Waals surface area contributed by atoms with Crippen molar-refractivity contribution in [3.63, 3.8) is 0 Å². The molecule has 0 fully saturated rings. The molecule has 9 heteroatoms. The third-order valence-corrected chi connectivity index (χ3v) is 5.94. The summed E-state index contributed by atoms with van der Waals surface area (Å²) in [6.45, 7) is 3.37. The first-order valence-electron chi connectivity index (χ1n) is 10.5. The summed E-state index contributed by atoms with van der Waals surface area (Å²) in [6.07, 6.45) is 0.101. The number of rotatable bonds is 9. The number of hydrogen-bond donors (Lipinski definition) is 2. The van der Waals surface area contributed by atoms with E-state index in [1.807, 2.05) is 12.1 Å². The van der Waals surface area contributed by atoms with Crippen molar-refractivity contribution in [1.82, 2.24) is 0 Å². The second-order valence-electron chi connectivity index (χ2n) is 7.25. The number of esters is 1. The van der Waals surface area contributed by atoms with Gasteiger partial charge in [-0.2, -0.15) is 0 Å². The molecule has 0 unspecified atom stereocenters. The van der Waals surface area contributed by atoms with Crippen LogP contribution in [0.3, 0.4) is 0 Å². The zero-order chi connectivity index (χ0) is 24.7. The van der Waals surface area contributed by atoms with E-state index >= 15 is 0 Å². The van der Waals surface area contributed by atoms with Gasteiger partial charge in [0.1, 0.15) is 4.88 Å². The van der Waals surface area contributed by atoms with Crippen molar-refractivity contribution in [1.29, 1.82) is 0 Å². The van der Waals surface area contributed by atoms with E-state index in [2.05, 4.69) is 10.6 Å². The number of ether oxygens (including phenoxy) is 3. The fraction of sp³-hybridized carbons (Fsp3) is 0.240. The Morgan fingerprint density at radius 2 is 1.62 bits per heavy atom. The maximum atomic E-state index is 12.7. The molecule has 2 aromatic carbocycles. The minimum atomic E-state index is -0.505. The van der Waals surface area contributed by atoms with Crippen molar-refractivity contribution in [3.05, 3.63) is 59.0 Å². The lowest BCUT2D eigenvalue weighted by atomic mass is 10.1. The van der Waals surface area contributed by atoms with Gasteiger partial charge in [0.05, 0.1) is 32.9 Å². The number of thiophene rings is 1. The van der Waals surface area contributed by atoms with Gasteiger partial charge < -0.3 is 24.8 Å². The van der Waals surface area contributed by atoms with Crippen LogP contribution in [0, 0.1) is 0 Å². The van der Waals surface area contributed by atoms with Gasteiger partial charge in [0.2, 0.25) is 11.8 Å². The molecular formula is C25H26N2O6S. The van der Waals surface area contributed by atoms with Crippen molar-refractivity contribution in [2.45, 2.75) is 20.3 Å². The van der Waals surface area contributed by atoms with E-state index in [0.717, 1.165) is 16.0 Å². The number of nitrogens with one attached hydrogen (secondary N) is 2. The summed E-state index contributed by atoms with van der Waals surface area (Å²) in [7, 11) is 3.11. The molecule has 178 valence electrons. The summed E-state index contributed by atoms with van der Waals surface area (Å²) >= 11 is 1.22. The lowest BCUT2D eigenvalue weighted by Gasteiger charge is -2.08. The Kier molecular flexibility index (Phi) is 8.26. The topological polar surface area (TPSA) is 103 Å². The van der Waals surface area contributed by atoms with Gasteiger partial charge in [-0.25, -0.2) is 4.79 Å². The molecule has 3 rings (SSSR count). The normalized spacial score (nSPS) is 10.4. The molecule has 0 atom stereocenters. The molecule has 34 heavy (non-hydrogen) atoms. The van der Waals surface area contributed by atoms with Crippen molar-refractivity contribution < 1.29 is 28.6 Å². The molecule has 0 aliphatic rings. The average Bonchev–Trinajstić information content (AvgIpc) is 3.23. The molecule has 2 amide bonds. The van der Waals surface area contributed by atoms with Crippen LogP contribution in [0.1, 0.15) is 29.1 Å². The highest BCUT2D eigenvalue weighted by atomic mass is 32.1. The third kappa shape index (κ3) is 6.14. The van der Waals surface area contributed by atoms with E-state index < -0.39 is 5.97 Å². The van der Waals surface area contributed by atoms with Crippen LogP contribution in [-0.2, 0) is 20.7 Å². The van der Waals surface area contributed by atoms with Crippen LogP contribution >= 0.6 is 11.3 Å². The van der Waals surface area contributed by atoms with Crippen LogP contribution in [-0.4, -0.2) is 38.6 Å². The lowest BCUT2D eigenvalue weighted by Crippen LogP contribution is -2.16. The molecule has 0 aliphatic carbocycles. The summed E-state index contributed by atoms with van der Waals surface area (Å²) in [5, 5.41) is 5.52. The molecule has 2 N–H and O–H groups in total. The Morgan fingerprint density at radius 3 is 2.24 bits per heavy atom. The molecule has 1 aromatic heterocycles. The maximum Gasteiger partial charge on any atom is 0.350 e. The highest BCUT2D eigenvalue weighted by molar-refractivity contribution is 7.18. The van der Waals surface area contributed by atoms with E-state index in [9.17, 15) is 14.4 Å². The van der Waals surface area contributed by atoms with Crippen molar-refractivity contribution in [3.8, 4) is 21.9 Å². The smallest absolute Gasteiger partial charge is 0.350 e. The van der Waals surface area contributed by atoms with Gasteiger partial charge in [-0.1, -0.05) is 12.1 Å². The zero-order valence-electron chi connectivity index (χ0n) is 19.4. The standard InChI is InChI=1S/C25H26N2O6S/c1-5-33-25(30)24-19(14-22(34-24)17-8-11-20(31-3)21(13-17)32-4)27-23(29)12-16-6-9-18(10-7-16)26-15(2)28/h6-11,13-14H,5,12H2,1-4H3,(H,26,28)(H,27,29). The second kappa shape index (κ2) is 11.3. The quantitative estimate of drug-likeness (QED) is 0.427. The van der Waals surface area contributed by atoms with Crippen LogP contribution < -0.4 is 20.1 Å². The largest absolute Gasteiger partial charge is 0.493 e. The fourth-order valence-corrected chi connectivity index (χ4v) is 4.26. The number of methoxy groups -OCH3 is 2. The van der Waals surface area contributed by atoms with Gasteiger partial charge in [0.25, 0.3) is 0 Å². The molecule has 0 saturated heterocycles. The van der Waals surface area contributed by atoms with Gasteiger partial charge in [0, 0.05) is 17.5 Å². The number of carbonyl (C=O) groups is 3. The van der Waals surface area contributed by atoms with Crippen LogP contribution in [0.15, 0.2) is 48.5 Å². The first-order valence-corrected chi connectivity index (χ1v) is 11.4. The summed E-state index contributed by atoms with van der Waals surface area (Å²) in [5.41, 5.74) is 2.61. The molecular weight excluding hydrogens is 456 g/mol. The first kappa shape index (κ1) is 24.8. The molecule has 0 radical (unpaired) electrons. The molecule has 3 aromatic rings. The molecule has 0 saturated carbocycles. The Balaban J connectivity index is 1.83. The second-order valence-corrected chi connectivity index (χ2v) is 8.30. The number of carbonyl (C=O) groups excluding carboxylic acids is 3. The maximum absolute atomic E-state index is 12.7. The van der Waals surface area contributed by atoms with Gasteiger partial charge in [-0.05, 0) is 54.4 Å². The molecule has 0 spiro atoms. The van der Waals surface area contributed by atoms with E-state index in [4.69, 9.17) is 14.2 Å². The number of benzene rings is 2. The Bertz CT molecular complexity index is 1190. The SMILES string of the molecule is CCOC(=O)c1sc(-c2ccc(OC)c(OC)c2)cc1NC(=O)Cc1ccc(NC(C)=O)cc1. The minimum Gasteiger partial charge on any atom is -0.493 e. The highest BCUT2D eigenvalue weighted by Crippen LogP contribution is 2.39. The predicted molar refractivity (Wildman–Crippen MR) is 132 cm³/mol. The molecule has 0 bridgehead atoms. The monoisotopic (exact) mass is 482 g/mol. The average molecular weight is 483 g/mol. The zero-order valence-corrected chi connectivity index (χ0v) is 20.2. The van der Waals surface area contributed by atoms with E-state index in [0.29, 0.717) is 27.8 Å². The molecule has 1 heterocycles. The Labute approximate surface area is 201 Å². The van der Waals surface area contributed by atoms with Crippen molar-refractivity contribution in [2.75, 3.05) is 31.5 Å². The van der Waals surface area contributed by atoms with Gasteiger partial charge in [0.15, 0.2) is 11.5 Å². The van der Waals surface area contributed by atoms with Crippen molar-refractivity contribution >= 4 is 40.5 Å². The van der Waals surface area contributed by atoms with Crippen LogP contribution in [0.4, 0.5) is 11.4 Å². The Morgan fingerprint density at radius 1 is 0.912 bits per heavy atom. The number of amides is 2. The summed E-state index contributed by atoms with van der Waals surface area (Å²) in [6, 6.07) is 14.2. The van der Waals surface area contributed by atoms with E-state index in [1.165, 1.54) is 18.3 Å². The molecule has 8 nitrogen and oxygen atoms in total. The predicted octanol–water partition coefficient (Wildman–Crippen LogP) is 4.75. The third-order valence-electron chi connectivity index (χ3n) is 4.77. The van der Waals surface area contributed by atoms with Gasteiger partial charge >= 0.3 is 5.97 Å². The summed E-state index contributed by atoms with van der Waals surface area (Å²) in [4.78, 5) is 37.5. The van der Waals surface area contributed by atoms with Crippen LogP contribution in [0.2, 0.25) is 0 Å².